The normalized spacial score (nSPS) is 31.1. The molecule has 2 unspecified atom stereocenters. The topological polar surface area (TPSA) is 50.8 Å². The summed E-state index contributed by atoms with van der Waals surface area (Å²) in [5.41, 5.74) is 3.17. The summed E-state index contributed by atoms with van der Waals surface area (Å²) in [7, 11) is -1.14. The zero-order chi connectivity index (χ0) is 16.1. The minimum absolute atomic E-state index is 0.251. The van der Waals surface area contributed by atoms with Crippen LogP contribution in [0.5, 0.6) is 0 Å². The first-order valence-electron chi connectivity index (χ1n) is 7.53. The predicted octanol–water partition coefficient (Wildman–Crippen LogP) is 2.77. The predicted molar refractivity (Wildman–Crippen MR) is 88.1 cm³/mol. The van der Waals surface area contributed by atoms with E-state index in [1.807, 2.05) is 26.8 Å². The van der Waals surface area contributed by atoms with Crippen LogP contribution in [-0.4, -0.2) is 53.7 Å². The van der Waals surface area contributed by atoms with Crippen LogP contribution in [0, 0.1) is 0 Å². The van der Waals surface area contributed by atoms with E-state index < -0.39 is 19.0 Å². The van der Waals surface area contributed by atoms with E-state index in [1.54, 1.807) is 6.20 Å². The molecule has 1 amide bonds. The van der Waals surface area contributed by atoms with Gasteiger partial charge in [-0.25, -0.2) is 0 Å². The van der Waals surface area contributed by atoms with Gasteiger partial charge in [-0.05, 0) is 0 Å². The second-order valence-electron chi connectivity index (χ2n) is 8.07. The SMILES string of the molecule is CC(C)(C)OC(=O)N1C=CC(OCC2C(C)(C)[PH]2(C)C)N1. The summed E-state index contributed by atoms with van der Waals surface area (Å²) in [6.07, 6.45) is 2.85. The van der Waals surface area contributed by atoms with Crippen molar-refractivity contribution in [2.45, 2.75) is 57.3 Å². The maximum absolute atomic E-state index is 11.9. The second-order valence-corrected chi connectivity index (χ2v) is 13.5. The van der Waals surface area contributed by atoms with E-state index in [-0.39, 0.29) is 6.23 Å². The van der Waals surface area contributed by atoms with Crippen LogP contribution < -0.4 is 5.43 Å². The molecule has 0 aromatic heterocycles. The Morgan fingerprint density at radius 2 is 1.95 bits per heavy atom. The number of hydrazine groups is 1. The van der Waals surface area contributed by atoms with Gasteiger partial charge in [-0.1, -0.05) is 0 Å². The fraction of sp³-hybridized carbons (Fsp3) is 0.800. The van der Waals surface area contributed by atoms with Gasteiger partial charge in [-0.15, -0.1) is 0 Å². The van der Waals surface area contributed by atoms with Crippen molar-refractivity contribution in [3.8, 4) is 0 Å². The standard InChI is InChI=1S/C15H29N2O3P/c1-14(2,3)20-13(18)17-9-8-12(16-17)19-10-11-15(4,5)21(11,6)7/h8-9,11-12,16,21H,10H2,1-7H3. The van der Waals surface area contributed by atoms with Crippen LogP contribution in [0.3, 0.4) is 0 Å². The van der Waals surface area contributed by atoms with E-state index in [0.717, 1.165) is 6.61 Å². The Morgan fingerprint density at radius 1 is 1.38 bits per heavy atom. The number of nitrogens with zero attached hydrogens (tertiary/aromatic N) is 1. The average Bonchev–Trinajstić information content (AvgIpc) is 2.69. The van der Waals surface area contributed by atoms with Crippen molar-refractivity contribution in [1.29, 1.82) is 0 Å². The van der Waals surface area contributed by atoms with E-state index in [9.17, 15) is 4.79 Å². The van der Waals surface area contributed by atoms with Crippen LogP contribution in [0.2, 0.25) is 0 Å². The molecule has 1 fully saturated rings. The maximum atomic E-state index is 11.9. The summed E-state index contributed by atoms with van der Waals surface area (Å²) in [6.45, 7) is 15.8. The van der Waals surface area contributed by atoms with Gasteiger partial charge in [0.25, 0.3) is 0 Å². The summed E-state index contributed by atoms with van der Waals surface area (Å²) in [4.78, 5) is 11.9. The first kappa shape index (κ1) is 16.7. The van der Waals surface area contributed by atoms with Crippen LogP contribution in [0.4, 0.5) is 4.79 Å². The zero-order valence-corrected chi connectivity index (χ0v) is 15.2. The molecular formula is C15H29N2O3P. The van der Waals surface area contributed by atoms with Crippen molar-refractivity contribution in [3.05, 3.63) is 12.3 Å². The number of amides is 1. The Kier molecular flexibility index (Phi) is 4.16. The summed E-state index contributed by atoms with van der Waals surface area (Å²) < 4.78 is 11.2. The number of hydrogen-bond donors (Lipinski definition) is 1. The summed E-state index contributed by atoms with van der Waals surface area (Å²) >= 11 is 0. The van der Waals surface area contributed by atoms with Gasteiger partial charge in [-0.2, -0.15) is 0 Å². The molecule has 0 spiro atoms. The molecule has 0 aromatic rings. The number of carbonyl (C=O) groups excluding carboxylic acids is 1. The molecule has 0 aromatic carbocycles. The molecule has 1 saturated heterocycles. The Labute approximate surface area is 128 Å². The molecule has 0 saturated carbocycles. The first-order chi connectivity index (χ1) is 9.45. The minimum atomic E-state index is -1.14. The van der Waals surface area contributed by atoms with Gasteiger partial charge in [-0.3, -0.25) is 0 Å². The van der Waals surface area contributed by atoms with Crippen molar-refractivity contribution < 1.29 is 14.3 Å². The first-order valence-corrected chi connectivity index (χ1v) is 10.6. The fourth-order valence-electron chi connectivity index (χ4n) is 2.85. The number of carbonyl (C=O) groups is 1. The second kappa shape index (κ2) is 5.22. The van der Waals surface area contributed by atoms with E-state index in [1.165, 1.54) is 5.01 Å². The van der Waals surface area contributed by atoms with E-state index in [4.69, 9.17) is 9.47 Å². The van der Waals surface area contributed by atoms with Gasteiger partial charge in [0.05, 0.1) is 0 Å². The van der Waals surface area contributed by atoms with E-state index >= 15 is 0 Å². The number of ether oxygens (including phenoxy) is 2. The van der Waals surface area contributed by atoms with Gasteiger partial charge in [0.2, 0.25) is 0 Å². The molecule has 1 N–H and O–H groups in total. The van der Waals surface area contributed by atoms with Crippen molar-refractivity contribution in [3.63, 3.8) is 0 Å². The van der Waals surface area contributed by atoms with Gasteiger partial charge in [0.15, 0.2) is 0 Å². The van der Waals surface area contributed by atoms with Gasteiger partial charge in [0.1, 0.15) is 0 Å². The number of rotatable bonds is 3. The third kappa shape index (κ3) is 3.41. The van der Waals surface area contributed by atoms with Crippen molar-refractivity contribution in [2.75, 3.05) is 19.9 Å². The molecule has 0 bridgehead atoms. The van der Waals surface area contributed by atoms with Crippen LogP contribution >= 0.6 is 7.26 Å². The van der Waals surface area contributed by atoms with Crippen LogP contribution in [0.25, 0.3) is 0 Å². The van der Waals surface area contributed by atoms with Crippen molar-refractivity contribution in [1.82, 2.24) is 10.4 Å². The zero-order valence-electron chi connectivity index (χ0n) is 14.2. The molecule has 2 rings (SSSR count). The molecule has 0 radical (unpaired) electrons. The monoisotopic (exact) mass is 316 g/mol. The number of hydrogen-bond acceptors (Lipinski definition) is 4. The Balaban J connectivity index is 1.77. The molecular weight excluding hydrogens is 287 g/mol. The van der Waals surface area contributed by atoms with Crippen LogP contribution in [0.15, 0.2) is 12.3 Å². The van der Waals surface area contributed by atoms with E-state index in [2.05, 4.69) is 32.6 Å². The fourth-order valence-corrected chi connectivity index (χ4v) is 6.98. The molecule has 122 valence electrons. The van der Waals surface area contributed by atoms with Crippen molar-refractivity contribution >= 4 is 13.4 Å². The van der Waals surface area contributed by atoms with Gasteiger partial charge < -0.3 is 0 Å². The Bertz CT molecular complexity index is 440. The third-order valence-corrected chi connectivity index (χ3v) is 11.0. The quantitative estimate of drug-likeness (QED) is 0.814. The average molecular weight is 316 g/mol. The molecule has 2 heterocycles. The van der Waals surface area contributed by atoms with Crippen LogP contribution in [0.1, 0.15) is 34.6 Å². The van der Waals surface area contributed by atoms with Gasteiger partial charge in [0, 0.05) is 0 Å². The summed E-state index contributed by atoms with van der Waals surface area (Å²) in [6, 6.07) is 0. The molecule has 5 nitrogen and oxygen atoms in total. The molecule has 2 aliphatic rings. The third-order valence-electron chi connectivity index (χ3n) is 5.03. The molecule has 0 aliphatic carbocycles. The molecule has 2 atom stereocenters. The van der Waals surface area contributed by atoms with Crippen molar-refractivity contribution in [2.24, 2.45) is 0 Å². The Hall–Kier alpha value is -0.640. The van der Waals surface area contributed by atoms with Crippen LogP contribution in [-0.2, 0) is 9.47 Å². The van der Waals surface area contributed by atoms with E-state index in [0.29, 0.717) is 10.8 Å². The Morgan fingerprint density at radius 3 is 2.43 bits per heavy atom. The summed E-state index contributed by atoms with van der Waals surface area (Å²) in [5, 5.41) is 1.79. The molecule has 6 heteroatoms. The van der Waals surface area contributed by atoms with Gasteiger partial charge >= 0.3 is 128 Å². The number of nitrogens with one attached hydrogen (secondary N) is 1. The molecule has 2 aliphatic heterocycles. The summed E-state index contributed by atoms with van der Waals surface area (Å²) in [5.74, 6) is 0. The molecule has 21 heavy (non-hydrogen) atoms.